The summed E-state index contributed by atoms with van der Waals surface area (Å²) in [7, 11) is 0. The number of carbonyl (C=O) groups is 2. The van der Waals surface area contributed by atoms with Crippen LogP contribution in [-0.4, -0.2) is 47.9 Å². The van der Waals surface area contributed by atoms with Gasteiger partial charge in [0.05, 0.1) is 24.3 Å². The predicted octanol–water partition coefficient (Wildman–Crippen LogP) is 7.25. The molecule has 0 bridgehead atoms. The summed E-state index contributed by atoms with van der Waals surface area (Å²) >= 11 is 0. The van der Waals surface area contributed by atoms with E-state index in [0.29, 0.717) is 62.0 Å². The minimum atomic E-state index is -0.135. The van der Waals surface area contributed by atoms with Gasteiger partial charge < -0.3 is 19.3 Å². The van der Waals surface area contributed by atoms with Crippen LogP contribution < -0.4 is 9.47 Å². The Labute approximate surface area is 249 Å². The van der Waals surface area contributed by atoms with E-state index in [4.69, 9.17) is 9.47 Å². The van der Waals surface area contributed by atoms with Crippen molar-refractivity contribution < 1.29 is 19.1 Å². The van der Waals surface area contributed by atoms with Gasteiger partial charge in [0, 0.05) is 26.2 Å². The van der Waals surface area contributed by atoms with Gasteiger partial charge in [0.1, 0.15) is 11.5 Å². The molecule has 4 aromatic rings. The number of ether oxygens (including phenoxy) is 2. The minimum Gasteiger partial charge on any atom is -0.493 e. The second-order valence-electron chi connectivity index (χ2n) is 10.1. The lowest BCUT2D eigenvalue weighted by atomic mass is 10.1. The number of carbonyl (C=O) groups excluding carboxylic acids is 2. The third-order valence-corrected chi connectivity index (χ3v) is 6.81. The van der Waals surface area contributed by atoms with Crippen LogP contribution in [0.4, 0.5) is 0 Å². The Kier molecular flexibility index (Phi) is 11.6. The number of nitrogens with zero attached hydrogens (tertiary/aromatic N) is 2. The molecule has 0 heterocycles. The molecule has 42 heavy (non-hydrogen) atoms. The van der Waals surface area contributed by atoms with E-state index in [1.165, 1.54) is 0 Å². The molecule has 0 spiro atoms. The fourth-order valence-corrected chi connectivity index (χ4v) is 4.66. The number of hydrogen-bond donors (Lipinski definition) is 0. The van der Waals surface area contributed by atoms with Gasteiger partial charge in [0.2, 0.25) is 0 Å². The standard InChI is InChI=1S/C36H40N2O4/c1-3-25-41-33-21-13-11-19-31(33)35(39)37(27-29-15-7-5-8-16-29)23-24-38(28-30-17-9-6-10-18-30)36(40)32-20-12-14-22-34(32)42-26-4-2/h5-22H,3-4,23-28H2,1-2H3. The van der Waals surface area contributed by atoms with Crippen molar-refractivity contribution in [3.63, 3.8) is 0 Å². The zero-order valence-corrected chi connectivity index (χ0v) is 24.6. The number of amides is 2. The van der Waals surface area contributed by atoms with Crippen LogP contribution in [0.3, 0.4) is 0 Å². The van der Waals surface area contributed by atoms with E-state index in [1.54, 1.807) is 21.9 Å². The normalized spacial score (nSPS) is 10.6. The fourth-order valence-electron chi connectivity index (χ4n) is 4.66. The molecule has 0 unspecified atom stereocenters. The summed E-state index contributed by atoms with van der Waals surface area (Å²) in [6, 6.07) is 34.6. The molecule has 0 saturated heterocycles. The number of benzene rings is 4. The first-order valence-corrected chi connectivity index (χ1v) is 14.7. The van der Waals surface area contributed by atoms with E-state index in [2.05, 4.69) is 0 Å². The molecule has 0 N–H and O–H groups in total. The Morgan fingerprint density at radius 1 is 0.524 bits per heavy atom. The van der Waals surface area contributed by atoms with E-state index in [0.717, 1.165) is 24.0 Å². The van der Waals surface area contributed by atoms with Crippen LogP contribution in [-0.2, 0) is 13.1 Å². The van der Waals surface area contributed by atoms with E-state index in [1.807, 2.05) is 111 Å². The Bertz CT molecular complexity index is 1300. The van der Waals surface area contributed by atoms with Gasteiger partial charge in [-0.05, 0) is 48.2 Å². The number of hydrogen-bond acceptors (Lipinski definition) is 4. The molecule has 218 valence electrons. The summed E-state index contributed by atoms with van der Waals surface area (Å²) in [6.07, 6.45) is 1.69. The first-order chi connectivity index (χ1) is 20.6. The Morgan fingerprint density at radius 2 is 0.881 bits per heavy atom. The second kappa shape index (κ2) is 16.0. The van der Waals surface area contributed by atoms with E-state index >= 15 is 0 Å². The van der Waals surface area contributed by atoms with Crippen molar-refractivity contribution in [1.82, 2.24) is 9.80 Å². The lowest BCUT2D eigenvalue weighted by molar-refractivity contribution is 0.0639. The molecular formula is C36H40N2O4. The van der Waals surface area contributed by atoms with E-state index in [-0.39, 0.29) is 11.8 Å². The van der Waals surface area contributed by atoms with Crippen LogP contribution in [0.2, 0.25) is 0 Å². The monoisotopic (exact) mass is 564 g/mol. The summed E-state index contributed by atoms with van der Waals surface area (Å²) < 4.78 is 11.9. The van der Waals surface area contributed by atoms with Gasteiger partial charge in [-0.1, -0.05) is 98.8 Å². The van der Waals surface area contributed by atoms with Gasteiger partial charge in [-0.15, -0.1) is 0 Å². The van der Waals surface area contributed by atoms with Crippen molar-refractivity contribution in [3.05, 3.63) is 131 Å². The molecule has 0 fully saturated rings. The van der Waals surface area contributed by atoms with Gasteiger partial charge in [-0.3, -0.25) is 9.59 Å². The second-order valence-corrected chi connectivity index (χ2v) is 10.1. The van der Waals surface area contributed by atoms with Crippen molar-refractivity contribution in [1.29, 1.82) is 0 Å². The SMILES string of the molecule is CCCOc1ccccc1C(=O)N(CCN(Cc1ccccc1)C(=O)c1ccccc1OCCC)Cc1ccccc1. The highest BCUT2D eigenvalue weighted by Crippen LogP contribution is 2.24. The summed E-state index contributed by atoms with van der Waals surface area (Å²) in [5, 5.41) is 0. The third-order valence-electron chi connectivity index (χ3n) is 6.81. The molecule has 6 nitrogen and oxygen atoms in total. The van der Waals surface area contributed by atoms with Crippen molar-refractivity contribution in [3.8, 4) is 11.5 Å². The minimum absolute atomic E-state index is 0.135. The molecule has 0 aliphatic carbocycles. The Balaban J connectivity index is 1.63. The van der Waals surface area contributed by atoms with Crippen molar-refractivity contribution in [2.75, 3.05) is 26.3 Å². The lowest BCUT2D eigenvalue weighted by Crippen LogP contribution is -2.41. The first-order valence-electron chi connectivity index (χ1n) is 14.7. The van der Waals surface area contributed by atoms with Crippen LogP contribution in [0.25, 0.3) is 0 Å². The van der Waals surface area contributed by atoms with Crippen LogP contribution in [0.1, 0.15) is 58.5 Å². The van der Waals surface area contributed by atoms with Crippen molar-refractivity contribution >= 4 is 11.8 Å². The highest BCUT2D eigenvalue weighted by Gasteiger charge is 2.24. The zero-order valence-electron chi connectivity index (χ0n) is 24.6. The third kappa shape index (κ3) is 8.46. The highest BCUT2D eigenvalue weighted by molar-refractivity contribution is 5.98. The van der Waals surface area contributed by atoms with E-state index in [9.17, 15) is 9.59 Å². The molecule has 0 aliphatic rings. The van der Waals surface area contributed by atoms with Crippen LogP contribution in [0.15, 0.2) is 109 Å². The summed E-state index contributed by atoms with van der Waals surface area (Å²) in [5.74, 6) is 0.872. The average molecular weight is 565 g/mol. The van der Waals surface area contributed by atoms with Gasteiger partial charge >= 0.3 is 0 Å². The molecule has 0 aromatic heterocycles. The summed E-state index contributed by atoms with van der Waals surface area (Å²) in [6.45, 7) is 6.63. The Hall–Kier alpha value is -4.58. The van der Waals surface area contributed by atoms with Crippen molar-refractivity contribution in [2.24, 2.45) is 0 Å². The van der Waals surface area contributed by atoms with Gasteiger partial charge in [-0.25, -0.2) is 0 Å². The maximum atomic E-state index is 14.0. The molecule has 2 amide bonds. The molecule has 6 heteroatoms. The summed E-state index contributed by atoms with van der Waals surface area (Å²) in [4.78, 5) is 31.7. The predicted molar refractivity (Wildman–Crippen MR) is 167 cm³/mol. The first kappa shape index (κ1) is 30.4. The summed E-state index contributed by atoms with van der Waals surface area (Å²) in [5.41, 5.74) is 3.05. The number of para-hydroxylation sites is 2. The maximum absolute atomic E-state index is 14.0. The molecule has 0 atom stereocenters. The molecule has 0 radical (unpaired) electrons. The van der Waals surface area contributed by atoms with E-state index < -0.39 is 0 Å². The Morgan fingerprint density at radius 3 is 1.26 bits per heavy atom. The highest BCUT2D eigenvalue weighted by atomic mass is 16.5. The molecule has 4 aromatic carbocycles. The maximum Gasteiger partial charge on any atom is 0.257 e. The van der Waals surface area contributed by atoms with Crippen molar-refractivity contribution in [2.45, 2.75) is 39.8 Å². The molecular weight excluding hydrogens is 524 g/mol. The topological polar surface area (TPSA) is 59.1 Å². The quantitative estimate of drug-likeness (QED) is 0.153. The van der Waals surface area contributed by atoms with Gasteiger partial charge in [-0.2, -0.15) is 0 Å². The smallest absolute Gasteiger partial charge is 0.257 e. The zero-order chi connectivity index (χ0) is 29.6. The fraction of sp³-hybridized carbons (Fsp3) is 0.278. The average Bonchev–Trinajstić information content (AvgIpc) is 3.04. The largest absolute Gasteiger partial charge is 0.493 e. The van der Waals surface area contributed by atoms with Gasteiger partial charge in [0.15, 0.2) is 0 Å². The number of rotatable bonds is 15. The van der Waals surface area contributed by atoms with Crippen LogP contribution in [0, 0.1) is 0 Å². The molecule has 0 saturated carbocycles. The van der Waals surface area contributed by atoms with Crippen LogP contribution >= 0.6 is 0 Å². The lowest BCUT2D eigenvalue weighted by Gasteiger charge is -2.29. The van der Waals surface area contributed by atoms with Crippen LogP contribution in [0.5, 0.6) is 11.5 Å². The molecule has 0 aliphatic heterocycles. The van der Waals surface area contributed by atoms with Gasteiger partial charge in [0.25, 0.3) is 11.8 Å². The molecule has 4 rings (SSSR count).